The number of aliphatic hydroxyl groups excluding tert-OH is 1. The zero-order valence-corrected chi connectivity index (χ0v) is 17.8. The Hall–Kier alpha value is -2.37. The van der Waals surface area contributed by atoms with E-state index in [1.807, 2.05) is 30.1 Å². The average Bonchev–Trinajstić information content (AvgIpc) is 2.89. The van der Waals surface area contributed by atoms with Gasteiger partial charge in [-0.1, -0.05) is 44.2 Å². The molecular weight excluding hydrogens is 362 g/mol. The predicted molar refractivity (Wildman–Crippen MR) is 121 cm³/mol. The molecule has 0 saturated carbocycles. The van der Waals surface area contributed by atoms with Crippen molar-refractivity contribution in [3.05, 3.63) is 69.9 Å². The van der Waals surface area contributed by atoms with Crippen LogP contribution in [0.15, 0.2) is 53.3 Å². The summed E-state index contributed by atoms with van der Waals surface area (Å²) in [5.74, 6) is 0.338. The van der Waals surface area contributed by atoms with Gasteiger partial charge in [-0.15, -0.1) is 0 Å². The zero-order valence-electron chi connectivity index (χ0n) is 17.8. The maximum absolute atomic E-state index is 13.3. The quantitative estimate of drug-likeness (QED) is 0.781. The highest BCUT2D eigenvalue weighted by molar-refractivity contribution is 5.50. The number of rotatable bonds is 7. The van der Waals surface area contributed by atoms with Crippen LogP contribution in [0.1, 0.15) is 30.9 Å². The Labute approximate surface area is 174 Å². The van der Waals surface area contributed by atoms with E-state index >= 15 is 0 Å². The maximum atomic E-state index is 13.3. The molecule has 1 heterocycles. The lowest BCUT2D eigenvalue weighted by atomic mass is 10.1. The van der Waals surface area contributed by atoms with E-state index in [0.717, 1.165) is 37.3 Å². The molecule has 1 fully saturated rings. The third kappa shape index (κ3) is 5.37. The summed E-state index contributed by atoms with van der Waals surface area (Å²) in [6, 6.07) is 16.6. The van der Waals surface area contributed by atoms with E-state index in [4.69, 9.17) is 0 Å². The fraction of sp³-hybridized carbons (Fsp3) is 0.458. The van der Waals surface area contributed by atoms with E-state index < -0.39 is 0 Å². The number of benzene rings is 1. The Morgan fingerprint density at radius 2 is 1.72 bits per heavy atom. The van der Waals surface area contributed by atoms with Gasteiger partial charge in [0, 0.05) is 57.6 Å². The van der Waals surface area contributed by atoms with Crippen LogP contribution in [-0.4, -0.2) is 56.4 Å². The molecule has 1 saturated heterocycles. The number of nitrogens with zero attached hydrogens (tertiary/aromatic N) is 3. The van der Waals surface area contributed by atoms with Gasteiger partial charge in [0.05, 0.1) is 12.3 Å². The third-order valence-electron chi connectivity index (χ3n) is 5.71. The minimum Gasteiger partial charge on any atom is -0.395 e. The highest BCUT2D eigenvalue weighted by atomic mass is 16.3. The lowest BCUT2D eigenvalue weighted by molar-refractivity contribution is 0.249. The van der Waals surface area contributed by atoms with Gasteiger partial charge in [0.25, 0.3) is 0 Å². The number of hydrogen-bond donors (Lipinski definition) is 1. The molecule has 2 aromatic rings. The first-order chi connectivity index (χ1) is 14.0. The Morgan fingerprint density at radius 3 is 2.34 bits per heavy atom. The van der Waals surface area contributed by atoms with Gasteiger partial charge >= 0.3 is 0 Å². The van der Waals surface area contributed by atoms with E-state index in [1.54, 1.807) is 0 Å². The lowest BCUT2D eigenvalue weighted by Crippen LogP contribution is -2.46. The molecule has 0 bridgehead atoms. The molecule has 0 amide bonds. The number of likely N-dealkylation sites (N-methyl/N-ethyl adjacent to an activating group) is 1. The minimum atomic E-state index is 0.0301. The summed E-state index contributed by atoms with van der Waals surface area (Å²) in [5.41, 5.74) is 3.97. The monoisotopic (exact) mass is 395 g/mol. The number of hydrogen-bond acceptors (Lipinski definition) is 5. The fourth-order valence-corrected chi connectivity index (χ4v) is 3.79. The normalized spacial score (nSPS) is 15.0. The number of anilines is 2. The first-order valence-electron chi connectivity index (χ1n) is 10.5. The van der Waals surface area contributed by atoms with Gasteiger partial charge in [-0.05, 0) is 29.7 Å². The molecule has 5 heteroatoms. The van der Waals surface area contributed by atoms with Gasteiger partial charge < -0.3 is 14.9 Å². The molecule has 0 aliphatic carbocycles. The number of aliphatic hydroxyl groups is 1. The molecule has 5 nitrogen and oxygen atoms in total. The summed E-state index contributed by atoms with van der Waals surface area (Å²) in [4.78, 5) is 19.9. The summed E-state index contributed by atoms with van der Waals surface area (Å²) in [5, 5.41) is 9.32. The lowest BCUT2D eigenvalue weighted by Gasteiger charge is -2.36. The summed E-state index contributed by atoms with van der Waals surface area (Å²) < 4.78 is 0. The second-order valence-corrected chi connectivity index (χ2v) is 8.12. The molecule has 1 aliphatic rings. The second-order valence-electron chi connectivity index (χ2n) is 8.12. The van der Waals surface area contributed by atoms with Crippen LogP contribution in [0.25, 0.3) is 0 Å². The average molecular weight is 396 g/mol. The van der Waals surface area contributed by atoms with Crippen molar-refractivity contribution in [2.24, 2.45) is 0 Å². The molecule has 0 atom stereocenters. The van der Waals surface area contributed by atoms with Gasteiger partial charge in [-0.25, -0.2) is 0 Å². The molecule has 2 aromatic carbocycles. The molecule has 0 radical (unpaired) electrons. The number of para-hydroxylation sites is 1. The van der Waals surface area contributed by atoms with E-state index in [0.29, 0.717) is 24.7 Å². The van der Waals surface area contributed by atoms with Crippen LogP contribution in [0, 0.1) is 0 Å². The van der Waals surface area contributed by atoms with Gasteiger partial charge in [0.1, 0.15) is 0 Å². The summed E-state index contributed by atoms with van der Waals surface area (Å²) >= 11 is 0. The highest BCUT2D eigenvalue weighted by Gasteiger charge is 2.19. The van der Waals surface area contributed by atoms with Gasteiger partial charge in [-0.2, -0.15) is 0 Å². The molecule has 0 aromatic heterocycles. The summed E-state index contributed by atoms with van der Waals surface area (Å²) in [7, 11) is 1.87. The van der Waals surface area contributed by atoms with Crippen molar-refractivity contribution in [2.45, 2.75) is 26.3 Å². The van der Waals surface area contributed by atoms with Crippen LogP contribution in [0.5, 0.6) is 0 Å². The van der Waals surface area contributed by atoms with Crippen molar-refractivity contribution in [1.82, 2.24) is 4.90 Å². The Bertz CT molecular complexity index is 846. The van der Waals surface area contributed by atoms with Crippen LogP contribution in [0.4, 0.5) is 11.4 Å². The van der Waals surface area contributed by atoms with Crippen molar-refractivity contribution >= 4 is 11.4 Å². The van der Waals surface area contributed by atoms with E-state index in [2.05, 4.69) is 54.0 Å². The number of piperazine rings is 1. The van der Waals surface area contributed by atoms with Gasteiger partial charge in [-0.3, -0.25) is 9.69 Å². The Morgan fingerprint density at radius 1 is 1.03 bits per heavy atom. The van der Waals surface area contributed by atoms with Crippen molar-refractivity contribution in [1.29, 1.82) is 0 Å². The first-order valence-corrected chi connectivity index (χ1v) is 10.5. The largest absolute Gasteiger partial charge is 0.395 e. The summed E-state index contributed by atoms with van der Waals surface area (Å²) in [6.07, 6.45) is 0. The standard InChI is InChI=1S/C24H33N3O2/c1-19(2)20-9-10-21(24(29)23(17-20)25(3)15-16-28)18-26-11-13-27(14-12-26)22-7-5-4-6-8-22/h4-10,17,19,28H,11-16,18H2,1-3H3. The van der Waals surface area contributed by atoms with Crippen molar-refractivity contribution < 1.29 is 5.11 Å². The molecule has 3 rings (SSSR count). The predicted octanol–water partition coefficient (Wildman–Crippen LogP) is 2.92. The van der Waals surface area contributed by atoms with Crippen LogP contribution in [-0.2, 0) is 6.54 Å². The van der Waals surface area contributed by atoms with Crippen molar-refractivity contribution in [3.8, 4) is 0 Å². The molecule has 29 heavy (non-hydrogen) atoms. The molecule has 156 valence electrons. The smallest absolute Gasteiger partial charge is 0.206 e. The van der Waals surface area contributed by atoms with Gasteiger partial charge in [0.15, 0.2) is 0 Å². The van der Waals surface area contributed by atoms with Crippen LogP contribution >= 0.6 is 0 Å². The van der Waals surface area contributed by atoms with Gasteiger partial charge in [0.2, 0.25) is 5.43 Å². The Balaban J connectivity index is 1.78. The zero-order chi connectivity index (χ0) is 20.8. The van der Waals surface area contributed by atoms with Crippen LogP contribution < -0.4 is 15.2 Å². The highest BCUT2D eigenvalue weighted by Crippen LogP contribution is 2.20. The minimum absolute atomic E-state index is 0.0301. The Kier molecular flexibility index (Phi) is 7.29. The van der Waals surface area contributed by atoms with Crippen molar-refractivity contribution in [2.75, 3.05) is 56.2 Å². The van der Waals surface area contributed by atoms with Crippen LogP contribution in [0.2, 0.25) is 0 Å². The van der Waals surface area contributed by atoms with E-state index in [1.165, 1.54) is 5.69 Å². The topological polar surface area (TPSA) is 47.0 Å². The third-order valence-corrected chi connectivity index (χ3v) is 5.71. The molecule has 0 spiro atoms. The van der Waals surface area contributed by atoms with Crippen LogP contribution in [0.3, 0.4) is 0 Å². The fourth-order valence-electron chi connectivity index (χ4n) is 3.79. The molecule has 0 unspecified atom stereocenters. The van der Waals surface area contributed by atoms with E-state index in [-0.39, 0.29) is 12.0 Å². The van der Waals surface area contributed by atoms with Crippen molar-refractivity contribution in [3.63, 3.8) is 0 Å². The summed E-state index contributed by atoms with van der Waals surface area (Å²) in [6.45, 7) is 9.22. The first kappa shape index (κ1) is 21.3. The second kappa shape index (κ2) is 9.90. The molecular formula is C24H33N3O2. The SMILES string of the molecule is CC(C)c1ccc(CN2CCN(c3ccccc3)CC2)c(=O)c(N(C)CCO)c1. The maximum Gasteiger partial charge on any atom is 0.206 e. The van der Waals surface area contributed by atoms with E-state index in [9.17, 15) is 9.90 Å². The molecule has 1 N–H and O–H groups in total. The molecule has 1 aliphatic heterocycles.